The van der Waals surface area contributed by atoms with Crippen LogP contribution in [0.2, 0.25) is 0 Å². The molecular formula is C20H28N4O. The Hall–Kier alpha value is -1.62. The van der Waals surface area contributed by atoms with Gasteiger partial charge in [0.05, 0.1) is 5.69 Å². The van der Waals surface area contributed by atoms with E-state index in [9.17, 15) is 4.79 Å². The van der Waals surface area contributed by atoms with Crippen LogP contribution in [0.25, 0.3) is 0 Å². The van der Waals surface area contributed by atoms with E-state index in [1.807, 2.05) is 23.2 Å². The Bertz CT molecular complexity index is 626. The number of carbonyl (C=O) groups excluding carboxylic acids is 1. The second-order valence-corrected chi connectivity index (χ2v) is 8.42. The van der Waals surface area contributed by atoms with Crippen LogP contribution in [-0.4, -0.2) is 53.0 Å². The standard InChI is InChI=1S/C20H28N4O/c1-13(16-4-2-3-7-21-16)23-8-10-24(11-9-23)20(25)22-19-17-14-5-6-15(12-14)18(17)19/h2-4,7,13-15,17-19H,5-6,8-12H2,1H3,(H,22,25)/t13-,14+,15+,17-,18+,19?/m1/s1. The number of urea groups is 1. The van der Waals surface area contributed by atoms with E-state index in [0.717, 1.165) is 55.5 Å². The first-order chi connectivity index (χ1) is 12.2. The summed E-state index contributed by atoms with van der Waals surface area (Å²) in [6.07, 6.45) is 6.10. The summed E-state index contributed by atoms with van der Waals surface area (Å²) in [5.74, 6) is 3.45. The summed E-state index contributed by atoms with van der Waals surface area (Å²) < 4.78 is 0. The molecule has 1 N–H and O–H groups in total. The fourth-order valence-corrected chi connectivity index (χ4v) is 5.87. The summed E-state index contributed by atoms with van der Waals surface area (Å²) in [7, 11) is 0. The number of carbonyl (C=O) groups is 1. The van der Waals surface area contributed by atoms with Crippen molar-refractivity contribution >= 4 is 6.03 Å². The molecule has 1 aliphatic heterocycles. The SMILES string of the molecule is C[C@H](c1ccccn1)N1CCN(C(=O)NC2[C@@H]3[C@H]4CC[C@@H](C4)[C@H]23)CC1. The van der Waals surface area contributed by atoms with Crippen molar-refractivity contribution in [1.29, 1.82) is 0 Å². The lowest BCUT2D eigenvalue weighted by Crippen LogP contribution is -2.53. The number of nitrogens with one attached hydrogen (secondary N) is 1. The van der Waals surface area contributed by atoms with Crippen molar-refractivity contribution in [1.82, 2.24) is 20.1 Å². The second-order valence-electron chi connectivity index (χ2n) is 8.42. The van der Waals surface area contributed by atoms with Gasteiger partial charge in [0.15, 0.2) is 0 Å². The van der Waals surface area contributed by atoms with Crippen molar-refractivity contribution in [2.24, 2.45) is 23.7 Å². The number of pyridine rings is 1. The van der Waals surface area contributed by atoms with Crippen molar-refractivity contribution in [3.63, 3.8) is 0 Å². The zero-order chi connectivity index (χ0) is 17.0. The number of hydrogen-bond donors (Lipinski definition) is 1. The first kappa shape index (κ1) is 15.6. The van der Waals surface area contributed by atoms with Crippen molar-refractivity contribution in [2.75, 3.05) is 26.2 Å². The van der Waals surface area contributed by atoms with Crippen LogP contribution in [-0.2, 0) is 0 Å². The molecule has 1 saturated heterocycles. The van der Waals surface area contributed by atoms with Crippen LogP contribution >= 0.6 is 0 Å². The third kappa shape index (κ3) is 2.64. The lowest BCUT2D eigenvalue weighted by Gasteiger charge is -2.37. The highest BCUT2D eigenvalue weighted by molar-refractivity contribution is 5.75. The molecular weight excluding hydrogens is 312 g/mol. The Morgan fingerprint density at radius 1 is 1.16 bits per heavy atom. The summed E-state index contributed by atoms with van der Waals surface area (Å²) in [6, 6.07) is 7.06. The van der Waals surface area contributed by atoms with E-state index in [4.69, 9.17) is 0 Å². The third-order valence-corrected chi connectivity index (χ3v) is 7.29. The fourth-order valence-electron chi connectivity index (χ4n) is 5.87. The summed E-state index contributed by atoms with van der Waals surface area (Å²) in [5.41, 5.74) is 1.11. The van der Waals surface area contributed by atoms with E-state index < -0.39 is 0 Å². The Labute approximate surface area is 149 Å². The van der Waals surface area contributed by atoms with Crippen molar-refractivity contribution in [2.45, 2.75) is 38.3 Å². The Kier molecular flexibility index (Phi) is 3.73. The van der Waals surface area contributed by atoms with Gasteiger partial charge in [-0.15, -0.1) is 0 Å². The molecule has 2 heterocycles. The van der Waals surface area contributed by atoms with Gasteiger partial charge in [-0.3, -0.25) is 9.88 Å². The predicted octanol–water partition coefficient (Wildman–Crippen LogP) is 2.51. The zero-order valence-electron chi connectivity index (χ0n) is 15.0. The number of fused-ring (bicyclic) bond motifs is 5. The van der Waals surface area contributed by atoms with Crippen LogP contribution in [0.1, 0.15) is 37.9 Å². The van der Waals surface area contributed by atoms with Crippen LogP contribution in [0.4, 0.5) is 4.79 Å². The molecule has 25 heavy (non-hydrogen) atoms. The lowest BCUT2D eigenvalue weighted by atomic mass is 10.0. The maximum atomic E-state index is 12.6. The largest absolute Gasteiger partial charge is 0.335 e. The monoisotopic (exact) mass is 340 g/mol. The number of hydrogen-bond acceptors (Lipinski definition) is 3. The van der Waals surface area contributed by atoms with Gasteiger partial charge in [-0.2, -0.15) is 0 Å². The molecule has 5 rings (SSSR count). The molecule has 3 aliphatic carbocycles. The average Bonchev–Trinajstić information content (AvgIpc) is 3.03. The Morgan fingerprint density at radius 3 is 2.52 bits per heavy atom. The minimum absolute atomic E-state index is 0.170. The molecule has 0 spiro atoms. The highest BCUT2D eigenvalue weighted by atomic mass is 16.2. The van der Waals surface area contributed by atoms with Gasteiger partial charge >= 0.3 is 6.03 Å². The van der Waals surface area contributed by atoms with E-state index in [0.29, 0.717) is 12.1 Å². The van der Waals surface area contributed by atoms with Crippen molar-refractivity contribution in [3.05, 3.63) is 30.1 Å². The Morgan fingerprint density at radius 2 is 1.88 bits per heavy atom. The molecule has 0 aromatic carbocycles. The molecule has 134 valence electrons. The van der Waals surface area contributed by atoms with Gasteiger partial charge in [0, 0.05) is 44.5 Å². The second kappa shape index (κ2) is 5.97. The van der Waals surface area contributed by atoms with Gasteiger partial charge < -0.3 is 10.2 Å². The average molecular weight is 340 g/mol. The molecule has 4 aliphatic rings. The van der Waals surface area contributed by atoms with E-state index >= 15 is 0 Å². The van der Waals surface area contributed by atoms with Gasteiger partial charge in [0.25, 0.3) is 0 Å². The zero-order valence-corrected chi connectivity index (χ0v) is 15.0. The lowest BCUT2D eigenvalue weighted by molar-refractivity contribution is 0.112. The topological polar surface area (TPSA) is 48.5 Å². The van der Waals surface area contributed by atoms with E-state index in [1.54, 1.807) is 0 Å². The number of piperazine rings is 1. The molecule has 2 bridgehead atoms. The highest BCUT2D eigenvalue weighted by Gasteiger charge is 2.65. The summed E-state index contributed by atoms with van der Waals surface area (Å²) in [4.78, 5) is 21.6. The third-order valence-electron chi connectivity index (χ3n) is 7.29. The van der Waals surface area contributed by atoms with Crippen LogP contribution in [0.15, 0.2) is 24.4 Å². The van der Waals surface area contributed by atoms with Crippen LogP contribution < -0.4 is 5.32 Å². The molecule has 5 heteroatoms. The minimum atomic E-state index is 0.170. The number of aromatic nitrogens is 1. The number of rotatable bonds is 3. The summed E-state index contributed by atoms with van der Waals surface area (Å²) in [5, 5.41) is 3.36. The van der Waals surface area contributed by atoms with Crippen LogP contribution in [0.5, 0.6) is 0 Å². The molecule has 1 aromatic heterocycles. The first-order valence-electron chi connectivity index (χ1n) is 9.93. The number of amides is 2. The van der Waals surface area contributed by atoms with Crippen LogP contribution in [0, 0.1) is 23.7 Å². The molecule has 3 saturated carbocycles. The van der Waals surface area contributed by atoms with E-state index in [2.05, 4.69) is 28.2 Å². The summed E-state index contributed by atoms with van der Waals surface area (Å²) >= 11 is 0. The fraction of sp³-hybridized carbons (Fsp3) is 0.700. The predicted molar refractivity (Wildman–Crippen MR) is 95.9 cm³/mol. The van der Waals surface area contributed by atoms with Gasteiger partial charge in [-0.25, -0.2) is 4.79 Å². The molecule has 4 fully saturated rings. The van der Waals surface area contributed by atoms with E-state index in [-0.39, 0.29) is 6.03 Å². The molecule has 0 radical (unpaired) electrons. The normalized spacial score (nSPS) is 37.6. The van der Waals surface area contributed by atoms with Gasteiger partial charge in [0.1, 0.15) is 0 Å². The first-order valence-corrected chi connectivity index (χ1v) is 9.93. The minimum Gasteiger partial charge on any atom is -0.335 e. The van der Waals surface area contributed by atoms with Crippen molar-refractivity contribution in [3.8, 4) is 0 Å². The number of nitrogens with zero attached hydrogens (tertiary/aromatic N) is 3. The van der Waals surface area contributed by atoms with E-state index in [1.165, 1.54) is 19.3 Å². The smallest absolute Gasteiger partial charge is 0.317 e. The van der Waals surface area contributed by atoms with Gasteiger partial charge in [-0.1, -0.05) is 6.07 Å². The van der Waals surface area contributed by atoms with Crippen molar-refractivity contribution < 1.29 is 4.79 Å². The highest BCUT2D eigenvalue weighted by Crippen LogP contribution is 2.65. The summed E-state index contributed by atoms with van der Waals surface area (Å²) in [6.45, 7) is 5.69. The molecule has 6 atom stereocenters. The maximum absolute atomic E-state index is 12.6. The van der Waals surface area contributed by atoms with Crippen LogP contribution in [0.3, 0.4) is 0 Å². The molecule has 5 nitrogen and oxygen atoms in total. The molecule has 2 amide bonds. The maximum Gasteiger partial charge on any atom is 0.317 e. The quantitative estimate of drug-likeness (QED) is 0.920. The van der Waals surface area contributed by atoms with Gasteiger partial charge in [-0.05, 0) is 62.0 Å². The Balaban J connectivity index is 1.13. The molecule has 1 unspecified atom stereocenters. The van der Waals surface area contributed by atoms with Gasteiger partial charge in [0.2, 0.25) is 0 Å². The molecule has 1 aromatic rings.